The van der Waals surface area contributed by atoms with E-state index >= 15 is 0 Å². The van der Waals surface area contributed by atoms with E-state index in [9.17, 15) is 0 Å². The largest absolute Gasteiger partial charge is 0.330 e. The number of rotatable bonds is 4. The van der Waals surface area contributed by atoms with Crippen LogP contribution in [0.3, 0.4) is 0 Å². The minimum atomic E-state index is 0.556. The van der Waals surface area contributed by atoms with Gasteiger partial charge in [-0.05, 0) is 25.4 Å². The second kappa shape index (κ2) is 12.6. The lowest BCUT2D eigenvalue weighted by Gasteiger charge is -2.08. The minimum Gasteiger partial charge on any atom is -0.330 e. The van der Waals surface area contributed by atoms with E-state index in [1.807, 2.05) is 0 Å². The maximum Gasteiger partial charge on any atom is -0.00368 e. The summed E-state index contributed by atoms with van der Waals surface area (Å²) in [5, 5.41) is 0. The summed E-state index contributed by atoms with van der Waals surface area (Å²) in [7, 11) is 0. The van der Waals surface area contributed by atoms with Crippen LogP contribution in [0.4, 0.5) is 0 Å². The molecule has 0 saturated heterocycles. The smallest absolute Gasteiger partial charge is 0.00368 e. The molecule has 0 aliphatic heterocycles. The number of hydrogen-bond acceptors (Lipinski definition) is 2. The van der Waals surface area contributed by atoms with Gasteiger partial charge in [0.2, 0.25) is 0 Å². The summed E-state index contributed by atoms with van der Waals surface area (Å²) in [5.41, 5.74) is 10.8. The Balaban J connectivity index is 0. The van der Waals surface area contributed by atoms with E-state index < -0.39 is 0 Å². The molecule has 0 aliphatic carbocycles. The van der Waals surface area contributed by atoms with Gasteiger partial charge in [0.05, 0.1) is 0 Å². The van der Waals surface area contributed by atoms with Gasteiger partial charge in [0.1, 0.15) is 0 Å². The molecule has 0 aromatic rings. The Morgan fingerprint density at radius 1 is 1.00 bits per heavy atom. The van der Waals surface area contributed by atoms with Crippen molar-refractivity contribution in [3.05, 3.63) is 0 Å². The molecule has 0 amide bonds. The predicted molar refractivity (Wildman–Crippen MR) is 52.5 cm³/mol. The van der Waals surface area contributed by atoms with Crippen molar-refractivity contribution in [3.8, 4) is 0 Å². The molecule has 0 rings (SSSR count). The van der Waals surface area contributed by atoms with Crippen molar-refractivity contribution in [1.29, 1.82) is 0 Å². The van der Waals surface area contributed by atoms with Crippen LogP contribution < -0.4 is 11.5 Å². The van der Waals surface area contributed by atoms with Crippen LogP contribution in [0.1, 0.15) is 40.0 Å². The first-order valence-electron chi connectivity index (χ1n) is 4.66. The molecule has 0 fully saturated rings. The lowest BCUT2D eigenvalue weighted by molar-refractivity contribution is 0.501. The highest BCUT2D eigenvalue weighted by molar-refractivity contribution is 4.58. The maximum atomic E-state index is 5.39. The van der Waals surface area contributed by atoms with E-state index in [-0.39, 0.29) is 0 Å². The fourth-order valence-electron chi connectivity index (χ4n) is 0.740. The highest BCUT2D eigenvalue weighted by atomic mass is 14.6. The van der Waals surface area contributed by atoms with E-state index in [0.717, 1.165) is 13.1 Å². The molecule has 11 heavy (non-hydrogen) atoms. The molecule has 0 spiro atoms. The molecule has 0 aromatic heterocycles. The zero-order chi connectivity index (χ0) is 9.11. The van der Waals surface area contributed by atoms with Gasteiger partial charge in [-0.2, -0.15) is 0 Å². The van der Waals surface area contributed by atoms with Crippen molar-refractivity contribution >= 4 is 0 Å². The van der Waals surface area contributed by atoms with Gasteiger partial charge in [0, 0.05) is 0 Å². The van der Waals surface area contributed by atoms with Crippen molar-refractivity contribution in [2.24, 2.45) is 17.4 Å². The van der Waals surface area contributed by atoms with Crippen molar-refractivity contribution in [1.82, 2.24) is 0 Å². The first-order valence-corrected chi connectivity index (χ1v) is 4.66. The first kappa shape index (κ1) is 13.5. The van der Waals surface area contributed by atoms with Gasteiger partial charge in [0.25, 0.3) is 0 Å². The summed E-state index contributed by atoms with van der Waals surface area (Å²) >= 11 is 0. The molecule has 2 nitrogen and oxygen atoms in total. The molecule has 0 saturated carbocycles. The zero-order valence-electron chi connectivity index (χ0n) is 8.27. The monoisotopic (exact) mass is 160 g/mol. The average Bonchev–Trinajstić information content (AvgIpc) is 2.02. The summed E-state index contributed by atoms with van der Waals surface area (Å²) in [4.78, 5) is 0. The van der Waals surface area contributed by atoms with Gasteiger partial charge in [0.15, 0.2) is 0 Å². The van der Waals surface area contributed by atoms with E-state index in [1.165, 1.54) is 19.3 Å². The van der Waals surface area contributed by atoms with Crippen LogP contribution in [-0.2, 0) is 0 Å². The Morgan fingerprint density at radius 3 is 1.45 bits per heavy atom. The summed E-state index contributed by atoms with van der Waals surface area (Å²) in [6.45, 7) is 7.88. The molecule has 2 heteroatoms. The fraction of sp³-hybridized carbons (Fsp3) is 1.00. The van der Waals surface area contributed by atoms with Gasteiger partial charge in [-0.1, -0.05) is 33.6 Å². The lowest BCUT2D eigenvalue weighted by atomic mass is 10.1. The maximum absolute atomic E-state index is 5.39. The molecule has 0 aliphatic rings. The van der Waals surface area contributed by atoms with Crippen molar-refractivity contribution in [3.63, 3.8) is 0 Å². The molecule has 0 radical (unpaired) electrons. The van der Waals surface area contributed by atoms with Crippen molar-refractivity contribution in [2.75, 3.05) is 13.1 Å². The summed E-state index contributed by atoms with van der Waals surface area (Å²) in [6.07, 6.45) is 3.62. The second-order valence-electron chi connectivity index (χ2n) is 2.83. The molecule has 0 bridgehead atoms. The number of nitrogens with two attached hydrogens (primary N) is 2. The Kier molecular flexibility index (Phi) is 15.4. The summed E-state index contributed by atoms with van der Waals surface area (Å²) in [5.74, 6) is 0.556. The van der Waals surface area contributed by atoms with E-state index in [4.69, 9.17) is 11.5 Å². The van der Waals surface area contributed by atoms with Crippen LogP contribution in [0, 0.1) is 5.92 Å². The van der Waals surface area contributed by atoms with Gasteiger partial charge in [-0.3, -0.25) is 0 Å². The van der Waals surface area contributed by atoms with Gasteiger partial charge >= 0.3 is 0 Å². The van der Waals surface area contributed by atoms with Gasteiger partial charge in [-0.25, -0.2) is 0 Å². The van der Waals surface area contributed by atoms with Gasteiger partial charge < -0.3 is 11.5 Å². The second-order valence-corrected chi connectivity index (χ2v) is 2.83. The van der Waals surface area contributed by atoms with Crippen molar-refractivity contribution < 1.29 is 0 Å². The standard InChI is InChI=1S/C6H16N2.C3H8/c1-2-3-6(4-7)5-8;1-3-2/h6H,2-5,7-8H2,1H3;3H2,1-2H3. The van der Waals surface area contributed by atoms with E-state index in [1.54, 1.807) is 0 Å². The quantitative estimate of drug-likeness (QED) is 0.658. The molecule has 0 unspecified atom stereocenters. The Hall–Kier alpha value is -0.0800. The van der Waals surface area contributed by atoms with Crippen LogP contribution in [0.5, 0.6) is 0 Å². The SMILES string of the molecule is CCC.CCCC(CN)CN. The van der Waals surface area contributed by atoms with Crippen LogP contribution >= 0.6 is 0 Å². The molecular weight excluding hydrogens is 136 g/mol. The highest BCUT2D eigenvalue weighted by Crippen LogP contribution is 2.00. The number of hydrogen-bond donors (Lipinski definition) is 2. The Morgan fingerprint density at radius 2 is 1.36 bits per heavy atom. The van der Waals surface area contributed by atoms with Crippen molar-refractivity contribution in [2.45, 2.75) is 40.0 Å². The summed E-state index contributed by atoms with van der Waals surface area (Å²) < 4.78 is 0. The highest BCUT2D eigenvalue weighted by Gasteiger charge is 1.99. The van der Waals surface area contributed by atoms with E-state index in [0.29, 0.717) is 5.92 Å². The third-order valence-electron chi connectivity index (χ3n) is 1.36. The third-order valence-corrected chi connectivity index (χ3v) is 1.36. The zero-order valence-corrected chi connectivity index (χ0v) is 8.27. The third kappa shape index (κ3) is 13.0. The Bertz CT molecular complexity index is 51.5. The fourth-order valence-corrected chi connectivity index (χ4v) is 0.740. The first-order chi connectivity index (χ1) is 5.26. The van der Waals surface area contributed by atoms with Gasteiger partial charge in [-0.15, -0.1) is 0 Å². The van der Waals surface area contributed by atoms with Crippen LogP contribution in [-0.4, -0.2) is 13.1 Å². The molecule has 70 valence electrons. The molecule has 0 aromatic carbocycles. The Labute approximate surface area is 71.3 Å². The molecule has 0 atom stereocenters. The summed E-state index contributed by atoms with van der Waals surface area (Å²) in [6, 6.07) is 0. The minimum absolute atomic E-state index is 0.556. The molecule has 4 N–H and O–H groups in total. The van der Waals surface area contributed by atoms with Crippen LogP contribution in [0.25, 0.3) is 0 Å². The average molecular weight is 160 g/mol. The predicted octanol–water partition coefficient (Wildman–Crippen LogP) is 1.74. The normalized spacial score (nSPS) is 9.27. The molecule has 0 heterocycles. The topological polar surface area (TPSA) is 52.0 Å². The van der Waals surface area contributed by atoms with Crippen LogP contribution in [0.2, 0.25) is 0 Å². The van der Waals surface area contributed by atoms with E-state index in [2.05, 4.69) is 20.8 Å². The van der Waals surface area contributed by atoms with Crippen LogP contribution in [0.15, 0.2) is 0 Å². The molecular formula is C9H24N2. The lowest BCUT2D eigenvalue weighted by Crippen LogP contribution is -2.22.